The molecule has 0 aromatic rings. The number of hydrogen-bond acceptors (Lipinski definition) is 3. The van der Waals surface area contributed by atoms with Gasteiger partial charge in [-0.25, -0.2) is 0 Å². The molecule has 0 aromatic heterocycles. The van der Waals surface area contributed by atoms with Gasteiger partial charge in [0.05, 0.1) is 11.5 Å². The molecular formula is C29H46O4. The van der Waals surface area contributed by atoms with E-state index in [4.69, 9.17) is 0 Å². The Morgan fingerprint density at radius 1 is 0.758 bits per heavy atom. The van der Waals surface area contributed by atoms with E-state index < -0.39 is 11.4 Å². The maximum atomic E-state index is 12.7. The summed E-state index contributed by atoms with van der Waals surface area (Å²) in [4.78, 5) is 25.4. The summed E-state index contributed by atoms with van der Waals surface area (Å²) in [5, 5.41) is 21.3. The average Bonchev–Trinajstić information content (AvgIpc) is 3.13. The molecule has 0 heterocycles. The fraction of sp³-hybridized carbons (Fsp3) is 0.931. The van der Waals surface area contributed by atoms with Crippen molar-refractivity contribution < 1.29 is 19.8 Å². The Bertz CT molecular complexity index is 864. The highest BCUT2D eigenvalue weighted by atomic mass is 16.4. The molecule has 0 saturated heterocycles. The number of ketones is 1. The van der Waals surface area contributed by atoms with Crippen LogP contribution in [0.3, 0.4) is 0 Å². The van der Waals surface area contributed by atoms with E-state index >= 15 is 0 Å². The maximum Gasteiger partial charge on any atom is 0.309 e. The van der Waals surface area contributed by atoms with Gasteiger partial charge in [0.2, 0.25) is 0 Å². The van der Waals surface area contributed by atoms with Crippen molar-refractivity contribution in [1.29, 1.82) is 0 Å². The summed E-state index contributed by atoms with van der Waals surface area (Å²) in [7, 11) is 0. The number of carboxylic acid groups (broad SMARTS) is 1. The Morgan fingerprint density at radius 3 is 2.09 bits per heavy atom. The van der Waals surface area contributed by atoms with Crippen LogP contribution < -0.4 is 0 Å². The number of fused-ring (bicyclic) bond motifs is 7. The monoisotopic (exact) mass is 458 g/mol. The van der Waals surface area contributed by atoms with Gasteiger partial charge in [-0.2, -0.15) is 0 Å². The van der Waals surface area contributed by atoms with Gasteiger partial charge >= 0.3 is 5.97 Å². The lowest BCUT2D eigenvalue weighted by atomic mass is 9.32. The van der Waals surface area contributed by atoms with Gasteiger partial charge in [0.15, 0.2) is 0 Å². The Balaban J connectivity index is 1.57. The van der Waals surface area contributed by atoms with E-state index in [1.807, 2.05) is 0 Å². The van der Waals surface area contributed by atoms with Crippen LogP contribution in [0.5, 0.6) is 0 Å². The Kier molecular flexibility index (Phi) is 5.11. The first-order valence-corrected chi connectivity index (χ1v) is 13.7. The molecule has 5 saturated carbocycles. The molecule has 0 bridgehead atoms. The summed E-state index contributed by atoms with van der Waals surface area (Å²) in [5.41, 5.74) is -0.287. The minimum atomic E-state index is -0.693. The molecule has 8 unspecified atom stereocenters. The van der Waals surface area contributed by atoms with Crippen molar-refractivity contribution in [2.45, 2.75) is 112 Å². The molecule has 0 amide bonds. The van der Waals surface area contributed by atoms with Crippen molar-refractivity contribution >= 4 is 11.8 Å². The third-order valence-corrected chi connectivity index (χ3v) is 13.4. The number of aliphatic hydroxyl groups is 1. The number of carbonyl (C=O) groups excluding carboxylic acids is 1. The molecule has 186 valence electrons. The Hall–Kier alpha value is -0.900. The van der Waals surface area contributed by atoms with Crippen LogP contribution in [0, 0.1) is 56.7 Å². The van der Waals surface area contributed by atoms with Crippen molar-refractivity contribution in [2.24, 2.45) is 56.7 Å². The van der Waals surface area contributed by atoms with Crippen LogP contribution >= 0.6 is 0 Å². The van der Waals surface area contributed by atoms with Crippen LogP contribution in [0.1, 0.15) is 106 Å². The smallest absolute Gasteiger partial charge is 0.309 e. The molecule has 5 aliphatic carbocycles. The van der Waals surface area contributed by atoms with E-state index in [2.05, 4.69) is 34.6 Å². The molecule has 5 rings (SSSR count). The second kappa shape index (κ2) is 7.08. The molecule has 5 aliphatic rings. The van der Waals surface area contributed by atoms with Crippen LogP contribution in [0.2, 0.25) is 0 Å². The molecule has 10 atom stereocenters. The highest BCUT2D eigenvalue weighted by Crippen LogP contribution is 2.77. The van der Waals surface area contributed by atoms with Gasteiger partial charge < -0.3 is 10.2 Å². The minimum Gasteiger partial charge on any atom is -0.481 e. The minimum absolute atomic E-state index is 0.000765. The quantitative estimate of drug-likeness (QED) is 0.524. The first-order valence-electron chi connectivity index (χ1n) is 13.7. The summed E-state index contributed by atoms with van der Waals surface area (Å²) in [5.74, 6) is 0.932. The number of carbonyl (C=O) groups is 2. The second-order valence-corrected chi connectivity index (χ2v) is 14.3. The van der Waals surface area contributed by atoms with Gasteiger partial charge in [-0.15, -0.1) is 0 Å². The molecule has 0 aliphatic heterocycles. The fourth-order valence-electron chi connectivity index (χ4n) is 11.4. The number of carboxylic acids is 1. The third-order valence-electron chi connectivity index (χ3n) is 13.4. The van der Waals surface area contributed by atoms with Crippen LogP contribution in [0.4, 0.5) is 0 Å². The molecule has 2 N–H and O–H groups in total. The van der Waals surface area contributed by atoms with Crippen molar-refractivity contribution in [3.05, 3.63) is 0 Å². The number of rotatable bonds is 2. The number of hydrogen-bond donors (Lipinski definition) is 2. The molecule has 4 heteroatoms. The van der Waals surface area contributed by atoms with Crippen molar-refractivity contribution in [2.75, 3.05) is 0 Å². The zero-order valence-electron chi connectivity index (χ0n) is 21.7. The van der Waals surface area contributed by atoms with E-state index in [0.29, 0.717) is 24.2 Å². The predicted molar refractivity (Wildman–Crippen MR) is 128 cm³/mol. The summed E-state index contributed by atoms with van der Waals surface area (Å²) in [6.07, 6.45) is 9.44. The first-order chi connectivity index (χ1) is 15.3. The first kappa shape index (κ1) is 23.8. The molecule has 5 fully saturated rings. The maximum absolute atomic E-state index is 12.7. The van der Waals surface area contributed by atoms with Gasteiger partial charge in [0, 0.05) is 5.92 Å². The van der Waals surface area contributed by atoms with Gasteiger partial charge in [0.1, 0.15) is 5.78 Å². The Morgan fingerprint density at radius 2 is 1.45 bits per heavy atom. The van der Waals surface area contributed by atoms with E-state index in [9.17, 15) is 19.8 Å². The largest absolute Gasteiger partial charge is 0.481 e. The highest BCUT2D eigenvalue weighted by molar-refractivity contribution is 5.83. The summed E-state index contributed by atoms with van der Waals surface area (Å²) < 4.78 is 0. The van der Waals surface area contributed by atoms with Crippen LogP contribution in [0.15, 0.2) is 0 Å². The third kappa shape index (κ3) is 2.74. The van der Waals surface area contributed by atoms with E-state index in [1.165, 1.54) is 6.42 Å². The van der Waals surface area contributed by atoms with Gasteiger partial charge in [-0.1, -0.05) is 34.6 Å². The highest BCUT2D eigenvalue weighted by Gasteiger charge is 2.72. The predicted octanol–water partition coefficient (Wildman–Crippen LogP) is 6.10. The second-order valence-electron chi connectivity index (χ2n) is 14.3. The topological polar surface area (TPSA) is 74.6 Å². The number of aliphatic hydroxyl groups excluding tert-OH is 1. The molecular weight excluding hydrogens is 412 g/mol. The van der Waals surface area contributed by atoms with Crippen LogP contribution in [-0.2, 0) is 9.59 Å². The standard InChI is InChI=1S/C29H46O4/c1-17(30)18-9-14-29(24(32)33)16-15-27(5)19(23(18)29)7-8-21-26(4)12-11-22(31)25(2,3)20(26)10-13-28(21,27)6/h18-23,31H,7-16H2,1-6H3,(H,32,33)/t18?,19?,20?,21?,22?,23?,26-,27?,28+,29?/m0/s1. The van der Waals surface area contributed by atoms with Gasteiger partial charge in [0.25, 0.3) is 0 Å². The summed E-state index contributed by atoms with van der Waals surface area (Å²) in [6.45, 7) is 13.8. The fourth-order valence-corrected chi connectivity index (χ4v) is 11.4. The lowest BCUT2D eigenvalue weighted by Gasteiger charge is -2.72. The van der Waals surface area contributed by atoms with Crippen molar-refractivity contribution in [1.82, 2.24) is 0 Å². The molecule has 0 spiro atoms. The van der Waals surface area contributed by atoms with Crippen molar-refractivity contribution in [3.8, 4) is 0 Å². The normalized spacial score (nSPS) is 55.0. The van der Waals surface area contributed by atoms with Crippen molar-refractivity contribution in [3.63, 3.8) is 0 Å². The van der Waals surface area contributed by atoms with E-state index in [1.54, 1.807) is 6.92 Å². The molecule has 33 heavy (non-hydrogen) atoms. The summed E-state index contributed by atoms with van der Waals surface area (Å²) in [6, 6.07) is 0. The zero-order valence-corrected chi connectivity index (χ0v) is 21.7. The molecule has 4 nitrogen and oxygen atoms in total. The average molecular weight is 459 g/mol. The lowest BCUT2D eigenvalue weighted by Crippen LogP contribution is -2.67. The van der Waals surface area contributed by atoms with Gasteiger partial charge in [-0.05, 0) is 116 Å². The lowest BCUT2D eigenvalue weighted by molar-refractivity contribution is -0.248. The van der Waals surface area contributed by atoms with E-state index in [0.717, 1.165) is 51.4 Å². The molecule has 0 radical (unpaired) electrons. The molecule has 0 aromatic carbocycles. The number of aliphatic carboxylic acids is 1. The van der Waals surface area contributed by atoms with E-state index in [-0.39, 0.29) is 45.4 Å². The SMILES string of the molecule is CC(=O)C1CCC2(C(=O)O)CCC3(C)C(CCC4[C@@]5(C)CCC(O)C(C)(C)C5CC[C@]43C)C12. The zero-order chi connectivity index (χ0) is 24.2. The Labute approximate surface area is 200 Å². The van der Waals surface area contributed by atoms with Crippen LogP contribution in [0.25, 0.3) is 0 Å². The van der Waals surface area contributed by atoms with Gasteiger partial charge in [-0.3, -0.25) is 9.59 Å². The summed E-state index contributed by atoms with van der Waals surface area (Å²) >= 11 is 0. The number of Topliss-reactive ketones (excluding diaryl/α,β-unsaturated/α-hetero) is 1. The van der Waals surface area contributed by atoms with Crippen LogP contribution in [-0.4, -0.2) is 28.1 Å².